The maximum absolute atomic E-state index is 13.3. The van der Waals surface area contributed by atoms with Crippen molar-refractivity contribution >= 4 is 11.6 Å². The van der Waals surface area contributed by atoms with E-state index in [0.29, 0.717) is 24.5 Å². The Kier molecular flexibility index (Phi) is 4.69. The van der Waals surface area contributed by atoms with E-state index in [0.717, 1.165) is 5.56 Å². The lowest BCUT2D eigenvalue weighted by atomic mass is 10.1. The molecular weight excluding hydrogens is 283 g/mol. The van der Waals surface area contributed by atoms with Crippen LogP contribution in [0.3, 0.4) is 0 Å². The van der Waals surface area contributed by atoms with E-state index in [1.807, 2.05) is 0 Å². The molecule has 0 bridgehead atoms. The molecule has 20 heavy (non-hydrogen) atoms. The minimum Gasteiger partial charge on any atom is -0.508 e. The van der Waals surface area contributed by atoms with Crippen molar-refractivity contribution in [3.05, 3.63) is 52.8 Å². The minimum absolute atomic E-state index is 0.0318. The van der Waals surface area contributed by atoms with Crippen molar-refractivity contribution in [2.45, 2.75) is 6.42 Å². The third-order valence-electron chi connectivity index (χ3n) is 2.72. The summed E-state index contributed by atoms with van der Waals surface area (Å²) < 4.78 is 23.9. The van der Waals surface area contributed by atoms with Crippen LogP contribution in [0.25, 0.3) is 0 Å². The Morgan fingerprint density at radius 3 is 2.85 bits per heavy atom. The number of benzene rings is 2. The van der Waals surface area contributed by atoms with Crippen LogP contribution < -0.4 is 9.47 Å². The van der Waals surface area contributed by atoms with Gasteiger partial charge in [-0.1, -0.05) is 17.7 Å². The van der Waals surface area contributed by atoms with E-state index in [4.69, 9.17) is 21.1 Å². The van der Waals surface area contributed by atoms with Gasteiger partial charge in [-0.05, 0) is 29.8 Å². The van der Waals surface area contributed by atoms with Crippen LogP contribution >= 0.6 is 11.6 Å². The van der Waals surface area contributed by atoms with Crippen molar-refractivity contribution in [1.82, 2.24) is 0 Å². The number of hydrogen-bond donors (Lipinski definition) is 1. The third-order valence-corrected chi connectivity index (χ3v) is 3.07. The summed E-state index contributed by atoms with van der Waals surface area (Å²) in [5, 5.41) is 9.26. The van der Waals surface area contributed by atoms with E-state index in [1.54, 1.807) is 12.1 Å². The van der Waals surface area contributed by atoms with Gasteiger partial charge in [0, 0.05) is 12.5 Å². The smallest absolute Gasteiger partial charge is 0.145 e. The van der Waals surface area contributed by atoms with Crippen molar-refractivity contribution in [3.63, 3.8) is 0 Å². The highest BCUT2D eigenvalue weighted by atomic mass is 35.5. The topological polar surface area (TPSA) is 38.7 Å². The van der Waals surface area contributed by atoms with Crippen LogP contribution in [0, 0.1) is 11.9 Å². The molecule has 0 aromatic heterocycles. The molecule has 0 aliphatic rings. The van der Waals surface area contributed by atoms with Gasteiger partial charge < -0.3 is 14.6 Å². The predicted octanol–water partition coefficient (Wildman–Crippen LogP) is 3.61. The largest absolute Gasteiger partial charge is 0.508 e. The molecule has 0 heterocycles. The summed E-state index contributed by atoms with van der Waals surface area (Å²) in [7, 11) is 1.44. The number of hydrogen-bond acceptors (Lipinski definition) is 3. The maximum atomic E-state index is 13.3. The zero-order valence-corrected chi connectivity index (χ0v) is 11.6. The van der Waals surface area contributed by atoms with Gasteiger partial charge >= 0.3 is 0 Å². The lowest BCUT2D eigenvalue weighted by Gasteiger charge is -2.11. The number of phenolic OH excluding ortho intramolecular Hbond substituents is 1. The highest BCUT2D eigenvalue weighted by Crippen LogP contribution is 2.31. The van der Waals surface area contributed by atoms with Gasteiger partial charge in [-0.15, -0.1) is 0 Å². The van der Waals surface area contributed by atoms with Crippen molar-refractivity contribution < 1.29 is 19.0 Å². The number of phenols is 1. The summed E-state index contributed by atoms with van der Waals surface area (Å²) in [5.41, 5.74) is 0.753. The first-order valence-corrected chi connectivity index (χ1v) is 6.33. The van der Waals surface area contributed by atoms with Gasteiger partial charge in [0.15, 0.2) is 0 Å². The fourth-order valence-electron chi connectivity index (χ4n) is 1.79. The highest BCUT2D eigenvalue weighted by Gasteiger charge is 2.12. The zero-order chi connectivity index (χ0) is 14.5. The molecule has 2 aromatic rings. The first-order chi connectivity index (χ1) is 9.61. The number of halogens is 2. The summed E-state index contributed by atoms with van der Waals surface area (Å²) >= 11 is 5.84. The van der Waals surface area contributed by atoms with Gasteiger partial charge in [-0.25, -0.2) is 4.39 Å². The molecule has 0 aliphatic carbocycles. The Bertz CT molecular complexity index is 602. The van der Waals surface area contributed by atoms with Crippen LogP contribution in [0.4, 0.5) is 4.39 Å². The van der Waals surface area contributed by atoms with Crippen LogP contribution in [0.2, 0.25) is 5.02 Å². The Labute approximate surface area is 121 Å². The second-order valence-corrected chi connectivity index (χ2v) is 4.46. The van der Waals surface area contributed by atoms with Gasteiger partial charge in [0.05, 0.1) is 13.7 Å². The van der Waals surface area contributed by atoms with Crippen LogP contribution in [-0.4, -0.2) is 18.8 Å². The summed E-state index contributed by atoms with van der Waals surface area (Å²) in [6.07, 6.45) is 0.499. The van der Waals surface area contributed by atoms with Gasteiger partial charge in [-0.2, -0.15) is 0 Å². The van der Waals surface area contributed by atoms with Crippen LogP contribution in [0.15, 0.2) is 30.3 Å². The molecular formula is C15H13ClFO3. The Morgan fingerprint density at radius 1 is 1.35 bits per heavy atom. The highest BCUT2D eigenvalue weighted by molar-refractivity contribution is 6.32. The van der Waals surface area contributed by atoms with Crippen LogP contribution in [-0.2, 0) is 6.42 Å². The van der Waals surface area contributed by atoms with E-state index in [2.05, 4.69) is 6.07 Å². The molecule has 0 amide bonds. The molecule has 0 aliphatic heterocycles. The van der Waals surface area contributed by atoms with E-state index in [9.17, 15) is 9.50 Å². The van der Waals surface area contributed by atoms with E-state index in [1.165, 1.54) is 25.3 Å². The van der Waals surface area contributed by atoms with E-state index >= 15 is 0 Å². The van der Waals surface area contributed by atoms with Crippen molar-refractivity contribution in [2.75, 3.05) is 13.7 Å². The average molecular weight is 296 g/mol. The molecule has 0 saturated heterocycles. The van der Waals surface area contributed by atoms with Gasteiger partial charge in [0.2, 0.25) is 0 Å². The molecule has 105 valence electrons. The summed E-state index contributed by atoms with van der Waals surface area (Å²) in [6, 6.07) is 10.2. The Morgan fingerprint density at radius 2 is 2.15 bits per heavy atom. The van der Waals surface area contributed by atoms with Crippen molar-refractivity contribution in [1.29, 1.82) is 0 Å². The maximum Gasteiger partial charge on any atom is 0.145 e. The number of ether oxygens (including phenoxy) is 2. The first-order valence-electron chi connectivity index (χ1n) is 5.95. The Hall–Kier alpha value is -1.94. The molecule has 1 radical (unpaired) electrons. The molecule has 1 N–H and O–H groups in total. The third kappa shape index (κ3) is 3.33. The monoisotopic (exact) mass is 295 g/mol. The summed E-state index contributed by atoms with van der Waals surface area (Å²) in [6.45, 7) is 0.343. The van der Waals surface area contributed by atoms with Crippen molar-refractivity contribution in [3.8, 4) is 17.2 Å². The fraction of sp³-hybridized carbons (Fsp3) is 0.200. The van der Waals surface area contributed by atoms with Crippen molar-refractivity contribution in [2.24, 2.45) is 0 Å². The number of aromatic hydroxyl groups is 1. The SMILES string of the molecule is COc1c(CCOc2c[c]cc(O)c2)ccc(F)c1Cl. The quantitative estimate of drug-likeness (QED) is 0.916. The zero-order valence-electron chi connectivity index (χ0n) is 10.8. The minimum atomic E-state index is -0.518. The molecule has 0 atom stereocenters. The molecule has 3 nitrogen and oxygen atoms in total. The number of methoxy groups -OCH3 is 1. The van der Waals surface area contributed by atoms with Gasteiger partial charge in [0.25, 0.3) is 0 Å². The van der Waals surface area contributed by atoms with Crippen LogP contribution in [0.1, 0.15) is 5.56 Å². The Balaban J connectivity index is 2.03. The second kappa shape index (κ2) is 6.48. The average Bonchev–Trinajstić information content (AvgIpc) is 2.43. The fourth-order valence-corrected chi connectivity index (χ4v) is 2.05. The molecule has 0 unspecified atom stereocenters. The molecule has 2 aromatic carbocycles. The first kappa shape index (κ1) is 14.5. The second-order valence-electron chi connectivity index (χ2n) is 4.08. The van der Waals surface area contributed by atoms with Gasteiger partial charge in [0.1, 0.15) is 28.1 Å². The lowest BCUT2D eigenvalue weighted by molar-refractivity contribution is 0.316. The van der Waals surface area contributed by atoms with E-state index < -0.39 is 5.82 Å². The molecule has 0 saturated carbocycles. The molecule has 0 spiro atoms. The predicted molar refractivity (Wildman–Crippen MR) is 74.1 cm³/mol. The van der Waals surface area contributed by atoms with Crippen LogP contribution in [0.5, 0.6) is 17.2 Å². The number of rotatable bonds is 5. The van der Waals surface area contributed by atoms with Gasteiger partial charge in [-0.3, -0.25) is 0 Å². The molecule has 0 fully saturated rings. The standard InChI is InChI=1S/C15H13ClFO3/c1-19-15-10(5-6-13(17)14(15)16)7-8-20-12-4-2-3-11(18)9-12/h3-6,9,18H,7-8H2,1H3. The summed E-state index contributed by atoms with van der Waals surface area (Å²) in [4.78, 5) is 0. The van der Waals surface area contributed by atoms with E-state index in [-0.39, 0.29) is 10.8 Å². The molecule has 5 heteroatoms. The normalized spacial score (nSPS) is 10.3. The lowest BCUT2D eigenvalue weighted by Crippen LogP contribution is -2.03. The molecule has 2 rings (SSSR count). The summed E-state index contributed by atoms with van der Waals surface area (Å²) in [5.74, 6) is 0.399.